The molecular formula is C10H19NO2. The van der Waals surface area contributed by atoms with E-state index in [2.05, 4.69) is 12.2 Å². The second-order valence-electron chi connectivity index (χ2n) is 3.97. The molecule has 3 nitrogen and oxygen atoms in total. The summed E-state index contributed by atoms with van der Waals surface area (Å²) in [5, 5.41) is 11.3. The van der Waals surface area contributed by atoms with Gasteiger partial charge in [0.15, 0.2) is 0 Å². The quantitative estimate of drug-likeness (QED) is 0.687. The molecule has 0 aromatic heterocycles. The molecule has 0 aliphatic heterocycles. The highest BCUT2D eigenvalue weighted by Gasteiger charge is 2.23. The Labute approximate surface area is 79.5 Å². The van der Waals surface area contributed by atoms with E-state index in [4.69, 9.17) is 5.11 Å². The molecule has 13 heavy (non-hydrogen) atoms. The Hall–Kier alpha value is -0.570. The molecule has 1 aliphatic rings. The summed E-state index contributed by atoms with van der Waals surface area (Å²) in [6, 6.07) is 0. The molecule has 1 amide bonds. The van der Waals surface area contributed by atoms with E-state index in [0.29, 0.717) is 6.54 Å². The highest BCUT2D eigenvalue weighted by atomic mass is 16.3. The summed E-state index contributed by atoms with van der Waals surface area (Å²) in [5.41, 5.74) is 0. The third kappa shape index (κ3) is 3.35. The number of aliphatic hydroxyl groups is 1. The molecule has 0 radical (unpaired) electrons. The largest absolute Gasteiger partial charge is 0.395 e. The summed E-state index contributed by atoms with van der Waals surface area (Å²) in [5.74, 6) is 1.10. The fraction of sp³-hybridized carbons (Fsp3) is 0.900. The summed E-state index contributed by atoms with van der Waals surface area (Å²) >= 11 is 0. The maximum atomic E-state index is 11.4. The van der Waals surface area contributed by atoms with Gasteiger partial charge in [0, 0.05) is 12.5 Å². The summed E-state index contributed by atoms with van der Waals surface area (Å²) in [6.45, 7) is 2.67. The van der Waals surface area contributed by atoms with Crippen molar-refractivity contribution < 1.29 is 9.90 Å². The number of rotatable bonds is 3. The third-order valence-electron chi connectivity index (χ3n) is 2.80. The fourth-order valence-corrected chi connectivity index (χ4v) is 1.85. The number of amides is 1. The predicted molar refractivity (Wildman–Crippen MR) is 51.2 cm³/mol. The Balaban J connectivity index is 2.23. The Kier molecular flexibility index (Phi) is 4.22. The summed E-state index contributed by atoms with van der Waals surface area (Å²) in [7, 11) is 0. The van der Waals surface area contributed by atoms with E-state index >= 15 is 0 Å². The normalized spacial score (nSPS) is 28.5. The van der Waals surface area contributed by atoms with Gasteiger partial charge in [-0.15, -0.1) is 0 Å². The zero-order valence-electron chi connectivity index (χ0n) is 8.25. The number of hydrogen-bond donors (Lipinski definition) is 2. The number of aliphatic hydroxyl groups excluding tert-OH is 1. The molecule has 0 aromatic rings. The standard InChI is InChI=1S/C10H19NO2/c1-8-2-4-9(5-3-8)10(13)11-6-7-12/h8-9,12H,2-7H2,1H3,(H,11,13). The van der Waals surface area contributed by atoms with Crippen LogP contribution in [-0.4, -0.2) is 24.2 Å². The Bertz CT molecular complexity index is 162. The Morgan fingerprint density at radius 2 is 2.00 bits per heavy atom. The van der Waals surface area contributed by atoms with Crippen molar-refractivity contribution in [1.29, 1.82) is 0 Å². The van der Waals surface area contributed by atoms with Gasteiger partial charge in [0.05, 0.1) is 6.61 Å². The predicted octanol–water partition coefficient (Wildman–Crippen LogP) is 0.921. The molecule has 1 saturated carbocycles. The minimum Gasteiger partial charge on any atom is -0.395 e. The van der Waals surface area contributed by atoms with Gasteiger partial charge in [-0.25, -0.2) is 0 Å². The molecule has 0 unspecified atom stereocenters. The van der Waals surface area contributed by atoms with Crippen molar-refractivity contribution in [2.75, 3.05) is 13.2 Å². The van der Waals surface area contributed by atoms with Crippen molar-refractivity contribution in [2.24, 2.45) is 11.8 Å². The molecule has 0 atom stereocenters. The molecule has 1 fully saturated rings. The van der Waals surface area contributed by atoms with Crippen molar-refractivity contribution in [3.05, 3.63) is 0 Å². The van der Waals surface area contributed by atoms with Crippen LogP contribution in [0.2, 0.25) is 0 Å². The lowest BCUT2D eigenvalue weighted by Crippen LogP contribution is -2.34. The first-order chi connectivity index (χ1) is 6.24. The summed E-state index contributed by atoms with van der Waals surface area (Å²) in [4.78, 5) is 11.4. The second-order valence-corrected chi connectivity index (χ2v) is 3.97. The monoisotopic (exact) mass is 185 g/mol. The lowest BCUT2D eigenvalue weighted by atomic mass is 9.82. The highest BCUT2D eigenvalue weighted by Crippen LogP contribution is 2.28. The van der Waals surface area contributed by atoms with E-state index in [1.807, 2.05) is 0 Å². The SMILES string of the molecule is CC1CCC(C(=O)NCCO)CC1. The van der Waals surface area contributed by atoms with Crippen LogP contribution in [0.4, 0.5) is 0 Å². The smallest absolute Gasteiger partial charge is 0.223 e. The van der Waals surface area contributed by atoms with Gasteiger partial charge in [0.2, 0.25) is 5.91 Å². The van der Waals surface area contributed by atoms with E-state index in [1.165, 1.54) is 0 Å². The van der Waals surface area contributed by atoms with Gasteiger partial charge in [-0.05, 0) is 31.6 Å². The topological polar surface area (TPSA) is 49.3 Å². The van der Waals surface area contributed by atoms with Gasteiger partial charge in [-0.2, -0.15) is 0 Å². The molecular weight excluding hydrogens is 166 g/mol. The van der Waals surface area contributed by atoms with Crippen LogP contribution in [0, 0.1) is 11.8 Å². The van der Waals surface area contributed by atoms with E-state index in [1.54, 1.807) is 0 Å². The molecule has 0 spiro atoms. The van der Waals surface area contributed by atoms with Gasteiger partial charge in [-0.3, -0.25) is 4.79 Å². The third-order valence-corrected chi connectivity index (χ3v) is 2.80. The first kappa shape index (κ1) is 10.5. The first-order valence-corrected chi connectivity index (χ1v) is 5.12. The Morgan fingerprint density at radius 1 is 1.38 bits per heavy atom. The van der Waals surface area contributed by atoms with Gasteiger partial charge >= 0.3 is 0 Å². The molecule has 2 N–H and O–H groups in total. The van der Waals surface area contributed by atoms with Crippen molar-refractivity contribution in [3.8, 4) is 0 Å². The minimum absolute atomic E-state index is 0.0366. The maximum absolute atomic E-state index is 11.4. The van der Waals surface area contributed by atoms with Crippen LogP contribution in [0.5, 0.6) is 0 Å². The van der Waals surface area contributed by atoms with Crippen LogP contribution in [0.3, 0.4) is 0 Å². The molecule has 0 bridgehead atoms. The van der Waals surface area contributed by atoms with Gasteiger partial charge in [0.25, 0.3) is 0 Å². The summed E-state index contributed by atoms with van der Waals surface area (Å²) in [6.07, 6.45) is 4.35. The lowest BCUT2D eigenvalue weighted by molar-refractivity contribution is -0.126. The van der Waals surface area contributed by atoms with Gasteiger partial charge in [0.1, 0.15) is 0 Å². The molecule has 3 heteroatoms. The highest BCUT2D eigenvalue weighted by molar-refractivity contribution is 5.78. The maximum Gasteiger partial charge on any atom is 0.223 e. The van der Waals surface area contributed by atoms with Crippen molar-refractivity contribution in [2.45, 2.75) is 32.6 Å². The molecule has 76 valence electrons. The van der Waals surface area contributed by atoms with Gasteiger partial charge in [-0.1, -0.05) is 6.92 Å². The fourth-order valence-electron chi connectivity index (χ4n) is 1.85. The summed E-state index contributed by atoms with van der Waals surface area (Å²) < 4.78 is 0. The average molecular weight is 185 g/mol. The van der Waals surface area contributed by atoms with Crippen LogP contribution in [0.15, 0.2) is 0 Å². The van der Waals surface area contributed by atoms with E-state index in [-0.39, 0.29) is 18.4 Å². The first-order valence-electron chi connectivity index (χ1n) is 5.12. The number of hydrogen-bond acceptors (Lipinski definition) is 2. The number of carbonyl (C=O) groups excluding carboxylic acids is 1. The molecule has 1 rings (SSSR count). The zero-order chi connectivity index (χ0) is 9.68. The molecule has 1 aliphatic carbocycles. The van der Waals surface area contributed by atoms with Crippen molar-refractivity contribution in [1.82, 2.24) is 5.32 Å². The zero-order valence-corrected chi connectivity index (χ0v) is 8.25. The van der Waals surface area contributed by atoms with E-state index in [9.17, 15) is 4.79 Å². The molecule has 0 aromatic carbocycles. The molecule has 0 saturated heterocycles. The van der Waals surface area contributed by atoms with Gasteiger partial charge < -0.3 is 10.4 Å². The second kappa shape index (κ2) is 5.22. The van der Waals surface area contributed by atoms with Crippen molar-refractivity contribution >= 4 is 5.91 Å². The number of carbonyl (C=O) groups is 1. The minimum atomic E-state index is 0.0366. The van der Waals surface area contributed by atoms with E-state index in [0.717, 1.165) is 31.6 Å². The van der Waals surface area contributed by atoms with E-state index < -0.39 is 0 Å². The van der Waals surface area contributed by atoms with Crippen LogP contribution in [-0.2, 0) is 4.79 Å². The number of nitrogens with one attached hydrogen (secondary N) is 1. The van der Waals surface area contributed by atoms with Crippen molar-refractivity contribution in [3.63, 3.8) is 0 Å². The lowest BCUT2D eigenvalue weighted by Gasteiger charge is -2.25. The van der Waals surface area contributed by atoms with Crippen LogP contribution in [0.25, 0.3) is 0 Å². The molecule has 0 heterocycles. The van der Waals surface area contributed by atoms with Crippen LogP contribution >= 0.6 is 0 Å². The van der Waals surface area contributed by atoms with Crippen LogP contribution < -0.4 is 5.32 Å². The Morgan fingerprint density at radius 3 is 2.54 bits per heavy atom. The average Bonchev–Trinajstić information content (AvgIpc) is 2.15. The van der Waals surface area contributed by atoms with Crippen LogP contribution in [0.1, 0.15) is 32.6 Å².